The number of ketones is 1. The van der Waals surface area contributed by atoms with E-state index in [-0.39, 0.29) is 30.6 Å². The zero-order valence-electron chi connectivity index (χ0n) is 15.6. The van der Waals surface area contributed by atoms with Crippen LogP contribution in [-0.2, 0) is 17.8 Å². The van der Waals surface area contributed by atoms with Crippen molar-refractivity contribution in [3.8, 4) is 5.75 Å². The summed E-state index contributed by atoms with van der Waals surface area (Å²) in [5.41, 5.74) is 2.61. The lowest BCUT2D eigenvalue weighted by Crippen LogP contribution is -2.23. The largest absolute Gasteiger partial charge is 0.488 e. The number of alkyl halides is 2. The molecule has 1 aliphatic carbocycles. The van der Waals surface area contributed by atoms with Crippen molar-refractivity contribution in [2.45, 2.75) is 39.2 Å². The number of aryl methyl sites for hydroxylation is 1. The van der Waals surface area contributed by atoms with Gasteiger partial charge in [-0.15, -0.1) is 0 Å². The van der Waals surface area contributed by atoms with Gasteiger partial charge in [0.25, 0.3) is 12.3 Å². The Hall–Kier alpha value is -2.83. The van der Waals surface area contributed by atoms with E-state index >= 15 is 0 Å². The Morgan fingerprint density at radius 1 is 1.25 bits per heavy atom. The van der Waals surface area contributed by atoms with Gasteiger partial charge in [0.05, 0.1) is 0 Å². The number of benzene rings is 1. The van der Waals surface area contributed by atoms with E-state index in [0.29, 0.717) is 17.0 Å². The highest BCUT2D eigenvalue weighted by Gasteiger charge is 2.29. The van der Waals surface area contributed by atoms with Crippen molar-refractivity contribution in [2.75, 3.05) is 6.61 Å². The number of amides is 1. The molecule has 0 atom stereocenters. The van der Waals surface area contributed by atoms with Crippen LogP contribution in [0.5, 0.6) is 5.75 Å². The Morgan fingerprint density at radius 3 is 2.75 bits per heavy atom. The van der Waals surface area contributed by atoms with Crippen LogP contribution in [-0.4, -0.2) is 29.7 Å². The van der Waals surface area contributed by atoms with E-state index in [1.165, 1.54) is 6.20 Å². The lowest BCUT2D eigenvalue weighted by molar-refractivity contribution is -0.119. The molecule has 1 N–H and O–H groups in total. The minimum absolute atomic E-state index is 0.155. The summed E-state index contributed by atoms with van der Waals surface area (Å²) in [4.78, 5) is 28.5. The second-order valence-electron chi connectivity index (χ2n) is 6.99. The third kappa shape index (κ3) is 5.84. The molecule has 0 radical (unpaired) electrons. The first-order valence-electron chi connectivity index (χ1n) is 9.18. The van der Waals surface area contributed by atoms with Gasteiger partial charge in [-0.3, -0.25) is 14.6 Å². The number of hydrogen-bond acceptors (Lipinski definition) is 4. The van der Waals surface area contributed by atoms with Crippen molar-refractivity contribution in [1.82, 2.24) is 10.3 Å². The molecule has 0 spiro atoms. The number of rotatable bonds is 9. The zero-order valence-corrected chi connectivity index (χ0v) is 15.6. The van der Waals surface area contributed by atoms with E-state index in [4.69, 9.17) is 4.74 Å². The van der Waals surface area contributed by atoms with Gasteiger partial charge < -0.3 is 10.1 Å². The number of nitrogens with one attached hydrogen (secondary N) is 1. The molecule has 2 aromatic rings. The van der Waals surface area contributed by atoms with E-state index in [0.717, 1.165) is 24.0 Å². The fraction of sp³-hybridized carbons (Fsp3) is 0.381. The maximum atomic E-state index is 12.4. The quantitative estimate of drug-likeness (QED) is 0.714. The maximum absolute atomic E-state index is 12.4. The Kier molecular flexibility index (Phi) is 6.34. The third-order valence-electron chi connectivity index (χ3n) is 4.41. The zero-order chi connectivity index (χ0) is 20.1. The van der Waals surface area contributed by atoms with Crippen LogP contribution in [0.2, 0.25) is 0 Å². The third-order valence-corrected chi connectivity index (χ3v) is 4.41. The van der Waals surface area contributed by atoms with E-state index < -0.39 is 13.0 Å². The minimum atomic E-state index is -2.55. The fourth-order valence-electron chi connectivity index (χ4n) is 2.90. The number of hydrogen-bond donors (Lipinski definition) is 1. The maximum Gasteiger partial charge on any atom is 0.272 e. The van der Waals surface area contributed by atoms with Gasteiger partial charge in [0.15, 0.2) is 0 Å². The lowest BCUT2D eigenvalue weighted by Gasteiger charge is -2.11. The number of carbonyl (C=O) groups excluding carboxylic acids is 2. The molecular formula is C21H22F2N2O3. The highest BCUT2D eigenvalue weighted by Crippen LogP contribution is 2.30. The first kappa shape index (κ1) is 19.9. The van der Waals surface area contributed by atoms with Gasteiger partial charge in [-0.05, 0) is 55.2 Å². The van der Waals surface area contributed by atoms with E-state index in [1.54, 1.807) is 24.3 Å². The van der Waals surface area contributed by atoms with E-state index in [2.05, 4.69) is 10.3 Å². The summed E-state index contributed by atoms with van der Waals surface area (Å²) < 4.78 is 29.7. The molecule has 1 aliphatic rings. The number of pyridine rings is 1. The predicted molar refractivity (Wildman–Crippen MR) is 99.5 cm³/mol. The Balaban J connectivity index is 1.60. The van der Waals surface area contributed by atoms with Crippen molar-refractivity contribution in [1.29, 1.82) is 0 Å². The van der Waals surface area contributed by atoms with Gasteiger partial charge >= 0.3 is 0 Å². The molecule has 5 nitrogen and oxygen atoms in total. The molecule has 1 saturated carbocycles. The lowest BCUT2D eigenvalue weighted by atomic mass is 10.1. The highest BCUT2D eigenvalue weighted by atomic mass is 19.3. The monoisotopic (exact) mass is 388 g/mol. The predicted octanol–water partition coefficient (Wildman–Crippen LogP) is 3.49. The van der Waals surface area contributed by atoms with Crippen molar-refractivity contribution in [3.63, 3.8) is 0 Å². The summed E-state index contributed by atoms with van der Waals surface area (Å²) in [6.07, 6.45) is 1.11. The molecule has 0 bridgehead atoms. The molecule has 1 heterocycles. The van der Waals surface area contributed by atoms with Crippen LogP contribution in [0.25, 0.3) is 0 Å². The topological polar surface area (TPSA) is 68.3 Å². The van der Waals surface area contributed by atoms with Crippen molar-refractivity contribution in [2.24, 2.45) is 5.92 Å². The Bertz CT molecular complexity index is 866. The molecule has 7 heteroatoms. The van der Waals surface area contributed by atoms with Crippen LogP contribution in [0, 0.1) is 12.8 Å². The molecule has 3 rings (SSSR count). The number of Topliss-reactive ketones (excluding diaryl/α,β-unsaturated/α-hetero) is 1. The Labute approximate surface area is 162 Å². The average molecular weight is 388 g/mol. The summed E-state index contributed by atoms with van der Waals surface area (Å²) >= 11 is 0. The molecular weight excluding hydrogens is 366 g/mol. The summed E-state index contributed by atoms with van der Waals surface area (Å²) in [5.74, 6) is 0.372. The summed E-state index contributed by atoms with van der Waals surface area (Å²) in [6.45, 7) is 1.38. The summed E-state index contributed by atoms with van der Waals surface area (Å²) in [5, 5.41) is 2.79. The first-order valence-corrected chi connectivity index (χ1v) is 9.18. The van der Waals surface area contributed by atoms with Crippen molar-refractivity contribution < 1.29 is 23.1 Å². The SMILES string of the molecule is Cc1cc(CNC(=O)c2ccnc(CC(=O)C3CC3)c2)cc(OCC(F)F)c1. The second-order valence-corrected chi connectivity index (χ2v) is 6.99. The van der Waals surface area contributed by atoms with Crippen LogP contribution in [0.15, 0.2) is 36.5 Å². The molecule has 1 aromatic heterocycles. The molecule has 148 valence electrons. The normalized spacial score (nSPS) is 13.4. The van der Waals surface area contributed by atoms with Gasteiger partial charge in [-0.25, -0.2) is 8.78 Å². The Morgan fingerprint density at radius 2 is 2.04 bits per heavy atom. The van der Waals surface area contributed by atoms with Gasteiger partial charge in [-0.1, -0.05) is 6.07 Å². The molecule has 0 aliphatic heterocycles. The van der Waals surface area contributed by atoms with Crippen LogP contribution in [0.3, 0.4) is 0 Å². The van der Waals surface area contributed by atoms with Gasteiger partial charge in [0.1, 0.15) is 18.1 Å². The van der Waals surface area contributed by atoms with Crippen molar-refractivity contribution in [3.05, 3.63) is 58.9 Å². The van der Waals surface area contributed by atoms with Crippen LogP contribution >= 0.6 is 0 Å². The highest BCUT2D eigenvalue weighted by molar-refractivity contribution is 5.94. The molecule has 0 saturated heterocycles. The number of halogens is 2. The second kappa shape index (κ2) is 8.91. The summed E-state index contributed by atoms with van der Waals surface area (Å²) in [6, 6.07) is 8.36. The average Bonchev–Trinajstić information content (AvgIpc) is 3.49. The number of aromatic nitrogens is 1. The molecule has 1 amide bonds. The van der Waals surface area contributed by atoms with Crippen LogP contribution < -0.4 is 10.1 Å². The fourth-order valence-corrected chi connectivity index (χ4v) is 2.90. The smallest absolute Gasteiger partial charge is 0.272 e. The number of ether oxygens (including phenoxy) is 1. The van der Waals surface area contributed by atoms with E-state index in [1.807, 2.05) is 13.0 Å². The molecule has 0 unspecified atom stereocenters. The van der Waals surface area contributed by atoms with Crippen LogP contribution in [0.1, 0.15) is 40.0 Å². The van der Waals surface area contributed by atoms with Gasteiger partial charge in [0, 0.05) is 36.3 Å². The number of nitrogens with zero attached hydrogens (tertiary/aromatic N) is 1. The minimum Gasteiger partial charge on any atom is -0.488 e. The van der Waals surface area contributed by atoms with Gasteiger partial charge in [0.2, 0.25) is 0 Å². The van der Waals surface area contributed by atoms with Crippen LogP contribution in [0.4, 0.5) is 8.78 Å². The molecule has 1 aromatic carbocycles. The van der Waals surface area contributed by atoms with Gasteiger partial charge in [-0.2, -0.15) is 0 Å². The van der Waals surface area contributed by atoms with E-state index in [9.17, 15) is 18.4 Å². The summed E-state index contributed by atoms with van der Waals surface area (Å²) in [7, 11) is 0. The number of carbonyl (C=O) groups is 2. The first-order chi connectivity index (χ1) is 13.4. The van der Waals surface area contributed by atoms with Crippen molar-refractivity contribution >= 4 is 11.7 Å². The standard InChI is InChI=1S/C21H22F2N2O3/c1-13-6-14(8-18(7-13)28-12-20(22)23)11-25-21(27)16-4-5-24-17(9-16)10-19(26)15-2-3-15/h4-9,15,20H,2-3,10-12H2,1H3,(H,25,27). The molecule has 1 fully saturated rings. The molecule has 28 heavy (non-hydrogen) atoms.